The van der Waals surface area contributed by atoms with Gasteiger partial charge in [-0.25, -0.2) is 18.2 Å². The van der Waals surface area contributed by atoms with Crippen LogP contribution in [0.15, 0.2) is 36.9 Å². The minimum Gasteiger partial charge on any atom is -0.492 e. The number of carbonyl (C=O) groups is 4. The van der Waals surface area contributed by atoms with Gasteiger partial charge in [0.2, 0.25) is 27.7 Å². The van der Waals surface area contributed by atoms with Crippen LogP contribution in [-0.4, -0.2) is 128 Å². The van der Waals surface area contributed by atoms with Crippen LogP contribution in [0.4, 0.5) is 4.79 Å². The fourth-order valence-corrected chi connectivity index (χ4v) is 11.1. The Hall–Kier alpha value is -4.48. The molecule has 17 heteroatoms. The van der Waals surface area contributed by atoms with E-state index in [0.717, 1.165) is 87.7 Å². The summed E-state index contributed by atoms with van der Waals surface area (Å²) in [5.74, 6) is -1.21. The standard InChI is InChI=1S/C48H68N6O10S/c1-7-31-28-48(31,44(57)52-65(59,60)47(5)20-21-47)51-41(55)37-27-33-29-54(37)43(56)40(46(2,3)4)50-45(58)64-38-26-30(38)14-9-8-10-16-35-39(34-15-11-12-17-36(34)49-42(35)63-33)62-25-13-22-53-23-18-32(61-6)19-24-53/h7,11-12,15,17,30-33,37-38,40H,1,8-10,13-14,16,18-29H2,2-6H3,(H,50,58)(H,51,55)(H,52,57)/t30-,31+,33-,37+,38-,40-,48-/m1/s1. The number of piperidine rings is 1. The topological polar surface area (TPSA) is 195 Å². The van der Waals surface area contributed by atoms with Gasteiger partial charge < -0.3 is 39.4 Å². The van der Waals surface area contributed by atoms with Gasteiger partial charge in [-0.1, -0.05) is 51.8 Å². The highest BCUT2D eigenvalue weighted by Gasteiger charge is 2.63. The lowest BCUT2D eigenvalue weighted by Gasteiger charge is -2.35. The number of benzene rings is 1. The van der Waals surface area contributed by atoms with Crippen molar-refractivity contribution >= 4 is 44.7 Å². The molecule has 3 saturated carbocycles. The van der Waals surface area contributed by atoms with Crippen molar-refractivity contribution in [3.8, 4) is 11.6 Å². The Kier molecular flexibility index (Phi) is 13.5. The Bertz CT molecular complexity index is 2250. The molecule has 16 nitrogen and oxygen atoms in total. The molecular weight excluding hydrogens is 853 g/mol. The van der Waals surface area contributed by atoms with E-state index in [1.807, 2.05) is 45.0 Å². The Morgan fingerprint density at radius 1 is 1.06 bits per heavy atom. The second-order valence-corrected chi connectivity index (χ2v) is 22.8. The van der Waals surface area contributed by atoms with Gasteiger partial charge in [-0.2, -0.15) is 0 Å². The average Bonchev–Trinajstić information content (AvgIpc) is 4.23. The van der Waals surface area contributed by atoms with E-state index in [0.29, 0.717) is 43.4 Å². The van der Waals surface area contributed by atoms with Crippen LogP contribution in [0.25, 0.3) is 10.9 Å². The van der Waals surface area contributed by atoms with Crippen molar-refractivity contribution in [1.29, 1.82) is 0 Å². The molecule has 1 aromatic carbocycles. The van der Waals surface area contributed by atoms with Crippen molar-refractivity contribution in [3.63, 3.8) is 0 Å². The molecule has 0 radical (unpaired) electrons. The lowest BCUT2D eigenvalue weighted by Crippen LogP contribution is -2.60. The predicted octanol–water partition coefficient (Wildman–Crippen LogP) is 5.17. The summed E-state index contributed by atoms with van der Waals surface area (Å²) in [5.41, 5.74) is -0.869. The van der Waals surface area contributed by atoms with Crippen molar-refractivity contribution in [2.24, 2.45) is 17.3 Å². The molecule has 4 heterocycles. The second-order valence-electron chi connectivity index (χ2n) is 20.6. The monoisotopic (exact) mass is 920 g/mol. The van der Waals surface area contributed by atoms with Gasteiger partial charge in [0.05, 0.1) is 35.1 Å². The SMILES string of the molecule is C=C[C@H]1C[C@]1(NC(=O)[C@@H]1C[C@@H]2CN1C(=O)[C@H](C(C)(C)C)NC(=O)O[C@@H]1C[C@H]1CCCCCc1c(nc3ccccc3c1OCCCN1CCC(OC)CC1)O2)C(=O)NS(=O)(=O)C1(C)CC1. The highest BCUT2D eigenvalue weighted by Crippen LogP contribution is 2.47. The smallest absolute Gasteiger partial charge is 0.408 e. The Morgan fingerprint density at radius 2 is 1.82 bits per heavy atom. The second kappa shape index (κ2) is 18.7. The molecular formula is C48H68N6O10S. The lowest BCUT2D eigenvalue weighted by molar-refractivity contribution is -0.142. The molecule has 6 aliphatic rings. The molecule has 3 N–H and O–H groups in total. The number of methoxy groups -OCH3 is 1. The molecule has 4 amide bonds. The number of sulfonamides is 1. The van der Waals surface area contributed by atoms with Crippen LogP contribution in [0.5, 0.6) is 11.6 Å². The highest BCUT2D eigenvalue weighted by atomic mass is 32.2. The van der Waals surface area contributed by atoms with Crippen LogP contribution >= 0.6 is 0 Å². The fourth-order valence-electron chi connectivity index (χ4n) is 9.82. The van der Waals surface area contributed by atoms with Gasteiger partial charge in [0, 0.05) is 44.5 Å². The zero-order chi connectivity index (χ0) is 46.3. The van der Waals surface area contributed by atoms with Crippen LogP contribution in [0.1, 0.15) is 110 Å². The number of nitrogens with one attached hydrogen (secondary N) is 3. The lowest BCUT2D eigenvalue weighted by atomic mass is 9.85. The van der Waals surface area contributed by atoms with Crippen molar-refractivity contribution < 1.29 is 46.5 Å². The molecule has 3 aliphatic heterocycles. The third kappa shape index (κ3) is 10.3. The summed E-state index contributed by atoms with van der Waals surface area (Å²) in [4.78, 5) is 65.8. The van der Waals surface area contributed by atoms with Crippen LogP contribution in [-0.2, 0) is 40.3 Å². The largest absolute Gasteiger partial charge is 0.492 e. The first kappa shape index (κ1) is 47.0. The van der Waals surface area contributed by atoms with E-state index in [4.69, 9.17) is 23.9 Å². The van der Waals surface area contributed by atoms with Gasteiger partial charge in [-0.05, 0) is 94.6 Å². The third-order valence-electron chi connectivity index (χ3n) is 14.6. The van der Waals surface area contributed by atoms with Gasteiger partial charge in [0.15, 0.2) is 0 Å². The summed E-state index contributed by atoms with van der Waals surface area (Å²) in [6, 6.07) is 5.57. The summed E-state index contributed by atoms with van der Waals surface area (Å²) >= 11 is 0. The predicted molar refractivity (Wildman–Crippen MR) is 244 cm³/mol. The van der Waals surface area contributed by atoms with Crippen molar-refractivity contribution in [3.05, 3.63) is 42.5 Å². The molecule has 7 atom stereocenters. The summed E-state index contributed by atoms with van der Waals surface area (Å²) in [7, 11) is -2.24. The normalized spacial score (nSPS) is 29.7. The first-order valence-electron chi connectivity index (χ1n) is 23.7. The Balaban J connectivity index is 1.10. The van der Waals surface area contributed by atoms with Crippen LogP contribution in [0, 0.1) is 17.3 Å². The number of hydrogen-bond donors (Lipinski definition) is 3. The van der Waals surface area contributed by atoms with Gasteiger partial charge >= 0.3 is 6.09 Å². The number of carbonyl (C=O) groups excluding carboxylic acids is 4. The number of alkyl carbamates (subject to hydrolysis) is 1. The van der Waals surface area contributed by atoms with Crippen molar-refractivity contribution in [2.45, 2.75) is 152 Å². The Morgan fingerprint density at radius 3 is 2.51 bits per heavy atom. The molecule has 2 bridgehead atoms. The van der Waals surface area contributed by atoms with E-state index >= 15 is 0 Å². The van der Waals surface area contributed by atoms with E-state index in [1.54, 1.807) is 14.0 Å². The van der Waals surface area contributed by atoms with Crippen LogP contribution in [0.3, 0.4) is 0 Å². The fraction of sp³-hybridized carbons (Fsp3) is 0.688. The molecule has 2 aromatic rings. The number of para-hydroxylation sites is 1. The summed E-state index contributed by atoms with van der Waals surface area (Å²) in [5, 5.41) is 6.59. The number of fused-ring (bicyclic) bond motifs is 5. The zero-order valence-electron chi connectivity index (χ0n) is 38.7. The molecule has 1 aromatic heterocycles. The maximum atomic E-state index is 14.9. The number of nitrogens with zero attached hydrogens (tertiary/aromatic N) is 3. The summed E-state index contributed by atoms with van der Waals surface area (Å²) in [6.45, 7) is 14.2. The quantitative estimate of drug-likeness (QED) is 0.187. The molecule has 5 fully saturated rings. The van der Waals surface area contributed by atoms with Crippen LogP contribution in [0.2, 0.25) is 0 Å². The summed E-state index contributed by atoms with van der Waals surface area (Å²) < 4.78 is 52.6. The van der Waals surface area contributed by atoms with Crippen LogP contribution < -0.4 is 24.8 Å². The van der Waals surface area contributed by atoms with E-state index in [-0.39, 0.29) is 31.4 Å². The zero-order valence-corrected chi connectivity index (χ0v) is 39.5. The molecule has 3 aliphatic carbocycles. The molecule has 0 unspecified atom stereocenters. The minimum absolute atomic E-state index is 0.0271. The molecule has 2 saturated heterocycles. The number of rotatable bonds is 12. The number of pyridine rings is 1. The molecule has 65 heavy (non-hydrogen) atoms. The minimum atomic E-state index is -4.02. The average molecular weight is 921 g/mol. The maximum absolute atomic E-state index is 14.9. The first-order chi connectivity index (χ1) is 30.9. The van der Waals surface area contributed by atoms with E-state index < -0.39 is 73.6 Å². The molecule has 0 spiro atoms. The van der Waals surface area contributed by atoms with E-state index in [1.165, 1.54) is 11.0 Å². The number of hydrogen-bond acceptors (Lipinski definition) is 12. The highest BCUT2D eigenvalue weighted by molar-refractivity contribution is 7.91. The Labute approximate surface area is 383 Å². The summed E-state index contributed by atoms with van der Waals surface area (Å²) in [6.07, 6.45) is 9.04. The van der Waals surface area contributed by atoms with Gasteiger partial charge in [-0.15, -0.1) is 6.58 Å². The molecule has 8 rings (SSSR count). The van der Waals surface area contributed by atoms with Crippen molar-refractivity contribution in [2.75, 3.05) is 39.9 Å². The van der Waals surface area contributed by atoms with Gasteiger partial charge in [0.1, 0.15) is 35.6 Å². The van der Waals surface area contributed by atoms with E-state index in [2.05, 4.69) is 26.8 Å². The number of ether oxygens (including phenoxy) is 4. The van der Waals surface area contributed by atoms with E-state index in [9.17, 15) is 27.6 Å². The van der Waals surface area contributed by atoms with Crippen molar-refractivity contribution in [1.82, 2.24) is 30.1 Å². The molecule has 356 valence electrons. The number of likely N-dealkylation sites (tertiary alicyclic amines) is 1. The third-order valence-corrected chi connectivity index (χ3v) is 16.8. The number of amides is 4. The van der Waals surface area contributed by atoms with Gasteiger partial charge in [-0.3, -0.25) is 19.1 Å². The van der Waals surface area contributed by atoms with Gasteiger partial charge in [0.25, 0.3) is 5.91 Å². The first-order valence-corrected chi connectivity index (χ1v) is 25.2. The maximum Gasteiger partial charge on any atom is 0.408 e. The number of aromatic nitrogens is 1.